The molecule has 1 aliphatic rings. The van der Waals surface area contributed by atoms with Crippen LogP contribution in [0.25, 0.3) is 0 Å². The molecule has 2 atom stereocenters. The summed E-state index contributed by atoms with van der Waals surface area (Å²) in [6.45, 7) is 6.86. The van der Waals surface area contributed by atoms with Crippen LogP contribution < -0.4 is 15.6 Å². The number of methoxy groups -OCH3 is 1. The Balaban J connectivity index is 1.99. The minimum absolute atomic E-state index is 0.0470. The number of carbonyl (C=O) groups excluding carboxylic acids is 2. The van der Waals surface area contributed by atoms with Crippen LogP contribution in [0.5, 0.6) is 5.75 Å². The van der Waals surface area contributed by atoms with Gasteiger partial charge in [-0.3, -0.25) is 15.0 Å². The highest BCUT2D eigenvalue weighted by Gasteiger charge is 2.54. The van der Waals surface area contributed by atoms with E-state index in [1.165, 1.54) is 0 Å². The molecular weight excluding hydrogens is 594 g/mol. The van der Waals surface area contributed by atoms with E-state index >= 15 is 0 Å². The number of nitrogens with one attached hydrogen (secondary N) is 2. The number of ether oxygens (including phenoxy) is 4. The van der Waals surface area contributed by atoms with E-state index < -0.39 is 29.1 Å². The first-order valence-corrected chi connectivity index (χ1v) is 14.5. The van der Waals surface area contributed by atoms with Gasteiger partial charge in [-0.1, -0.05) is 34.1 Å². The normalized spacial score (nSPS) is 18.4. The topological polar surface area (TPSA) is 128 Å². The van der Waals surface area contributed by atoms with Crippen LogP contribution in [-0.2, 0) is 23.8 Å². The number of aliphatic hydroxyl groups is 1. The summed E-state index contributed by atoms with van der Waals surface area (Å²) in [6, 6.07) is 14.6. The van der Waals surface area contributed by atoms with Gasteiger partial charge in [-0.15, -0.1) is 0 Å². The van der Waals surface area contributed by atoms with Crippen LogP contribution in [0, 0.1) is 0 Å². The summed E-state index contributed by atoms with van der Waals surface area (Å²) in [4.78, 5) is 31.7. The number of benzene rings is 2. The fraction of sp³-hybridized carbons (Fsp3) is 0.500. The van der Waals surface area contributed by atoms with Gasteiger partial charge in [-0.05, 0) is 63.9 Å². The molecule has 0 saturated carbocycles. The van der Waals surface area contributed by atoms with Crippen LogP contribution in [-0.4, -0.2) is 67.5 Å². The van der Waals surface area contributed by atoms with Crippen molar-refractivity contribution in [2.75, 3.05) is 33.5 Å². The Morgan fingerprint density at radius 1 is 1.10 bits per heavy atom. The van der Waals surface area contributed by atoms with Crippen molar-refractivity contribution in [2.45, 2.75) is 63.7 Å². The number of halogens is 1. The molecule has 0 saturated heterocycles. The van der Waals surface area contributed by atoms with E-state index in [4.69, 9.17) is 29.0 Å². The zero-order chi connectivity index (χ0) is 29.9. The molecule has 2 aromatic rings. The standard InChI is InChI=1S/C30H40BrN3O7/c1-29(2,3)41-25(36)15-16-30(28(37)34-32-17-7-19-38-4)26(23-9-5-6-10-24(23)31)40-27(33-30)21-11-13-22(14-12-21)39-20-8-18-35/h5-6,9-14,26,32,35H,7-8,15-20H2,1-4H3,(H,34,37)/t26-,30-/m0/s1. The number of hydrazine groups is 1. The first kappa shape index (κ1) is 32.5. The maximum Gasteiger partial charge on any atom is 0.306 e. The fourth-order valence-corrected chi connectivity index (χ4v) is 4.77. The summed E-state index contributed by atoms with van der Waals surface area (Å²) in [7, 11) is 1.62. The Morgan fingerprint density at radius 2 is 1.83 bits per heavy atom. The van der Waals surface area contributed by atoms with Crippen molar-refractivity contribution in [1.29, 1.82) is 0 Å². The molecule has 10 nitrogen and oxygen atoms in total. The molecule has 1 aliphatic heterocycles. The molecule has 41 heavy (non-hydrogen) atoms. The average Bonchev–Trinajstić information content (AvgIpc) is 3.32. The van der Waals surface area contributed by atoms with Gasteiger partial charge in [0.15, 0.2) is 11.6 Å². The SMILES string of the molecule is COCCCNNC(=O)[C@@]1(CCC(=O)OC(C)(C)C)N=C(c2ccc(OCCCO)cc2)O[C@H]1c1ccccc1Br. The van der Waals surface area contributed by atoms with Gasteiger partial charge in [-0.2, -0.15) is 0 Å². The molecule has 0 aliphatic carbocycles. The predicted octanol–water partition coefficient (Wildman–Crippen LogP) is 4.25. The second kappa shape index (κ2) is 15.3. The lowest BCUT2D eigenvalue weighted by Crippen LogP contribution is -2.53. The van der Waals surface area contributed by atoms with E-state index in [0.717, 1.165) is 4.47 Å². The van der Waals surface area contributed by atoms with E-state index in [1.807, 2.05) is 24.3 Å². The highest BCUT2D eigenvalue weighted by atomic mass is 79.9. The van der Waals surface area contributed by atoms with E-state index in [-0.39, 0.29) is 25.3 Å². The molecule has 11 heteroatoms. The number of esters is 1. The van der Waals surface area contributed by atoms with Gasteiger partial charge >= 0.3 is 5.97 Å². The summed E-state index contributed by atoms with van der Waals surface area (Å²) < 4.78 is 23.5. The van der Waals surface area contributed by atoms with E-state index in [1.54, 1.807) is 52.1 Å². The molecule has 0 aromatic heterocycles. The monoisotopic (exact) mass is 633 g/mol. The number of hydrogen-bond acceptors (Lipinski definition) is 9. The summed E-state index contributed by atoms with van der Waals surface area (Å²) in [5.74, 6) is 0.0403. The maximum atomic E-state index is 14.0. The predicted molar refractivity (Wildman–Crippen MR) is 159 cm³/mol. The Bertz CT molecular complexity index is 1180. The quantitative estimate of drug-likeness (QED) is 0.151. The zero-order valence-electron chi connectivity index (χ0n) is 24.1. The van der Waals surface area contributed by atoms with Crippen molar-refractivity contribution < 1.29 is 33.6 Å². The van der Waals surface area contributed by atoms with Crippen LogP contribution in [0.15, 0.2) is 58.0 Å². The molecule has 0 fully saturated rings. The van der Waals surface area contributed by atoms with Crippen LogP contribution in [0.1, 0.15) is 63.7 Å². The Hall–Kier alpha value is -2.99. The molecule has 1 heterocycles. The van der Waals surface area contributed by atoms with Gasteiger partial charge in [0.1, 0.15) is 11.4 Å². The van der Waals surface area contributed by atoms with Crippen molar-refractivity contribution in [3.8, 4) is 5.75 Å². The molecule has 3 rings (SSSR count). The first-order chi connectivity index (χ1) is 19.6. The third kappa shape index (κ3) is 9.26. The van der Waals surface area contributed by atoms with E-state index in [2.05, 4.69) is 26.8 Å². The number of hydrogen-bond donors (Lipinski definition) is 3. The first-order valence-electron chi connectivity index (χ1n) is 13.7. The maximum absolute atomic E-state index is 14.0. The van der Waals surface area contributed by atoms with Crippen molar-refractivity contribution >= 4 is 33.7 Å². The number of aliphatic imine (C=N–C) groups is 1. The van der Waals surface area contributed by atoms with Crippen molar-refractivity contribution in [3.05, 3.63) is 64.1 Å². The smallest absolute Gasteiger partial charge is 0.306 e. The Kier molecular flexibility index (Phi) is 12.1. The molecule has 2 aromatic carbocycles. The van der Waals surface area contributed by atoms with E-state index in [9.17, 15) is 9.59 Å². The third-order valence-corrected chi connectivity index (χ3v) is 6.92. The molecule has 0 spiro atoms. The Morgan fingerprint density at radius 3 is 2.49 bits per heavy atom. The number of amides is 1. The van der Waals surface area contributed by atoms with Crippen molar-refractivity contribution in [2.24, 2.45) is 4.99 Å². The van der Waals surface area contributed by atoms with Gasteiger partial charge < -0.3 is 24.1 Å². The highest BCUT2D eigenvalue weighted by Crippen LogP contribution is 2.45. The molecular formula is C30H40BrN3O7. The van der Waals surface area contributed by atoms with Crippen molar-refractivity contribution in [1.82, 2.24) is 10.9 Å². The van der Waals surface area contributed by atoms with Gasteiger partial charge in [0.05, 0.1) is 6.61 Å². The number of carbonyl (C=O) groups is 2. The number of rotatable bonds is 15. The molecule has 3 N–H and O–H groups in total. The minimum Gasteiger partial charge on any atom is -0.494 e. The summed E-state index contributed by atoms with van der Waals surface area (Å²) in [5, 5.41) is 9.00. The second-order valence-corrected chi connectivity index (χ2v) is 11.5. The van der Waals surface area contributed by atoms with Gasteiger partial charge in [0.2, 0.25) is 5.90 Å². The molecule has 0 bridgehead atoms. The zero-order valence-corrected chi connectivity index (χ0v) is 25.7. The Labute approximate surface area is 249 Å². The van der Waals surface area contributed by atoms with E-state index in [0.29, 0.717) is 49.5 Å². The van der Waals surface area contributed by atoms with Crippen LogP contribution in [0.2, 0.25) is 0 Å². The fourth-order valence-electron chi connectivity index (χ4n) is 4.28. The average molecular weight is 635 g/mol. The summed E-state index contributed by atoms with van der Waals surface area (Å²) in [5.41, 5.74) is 4.95. The van der Waals surface area contributed by atoms with Crippen LogP contribution in [0.3, 0.4) is 0 Å². The molecule has 0 radical (unpaired) electrons. The number of nitrogens with zero attached hydrogens (tertiary/aromatic N) is 1. The second-order valence-electron chi connectivity index (χ2n) is 10.6. The van der Waals surface area contributed by atoms with Crippen molar-refractivity contribution in [3.63, 3.8) is 0 Å². The molecule has 224 valence electrons. The third-order valence-electron chi connectivity index (χ3n) is 6.20. The number of aliphatic hydroxyl groups excluding tert-OH is 1. The van der Waals surface area contributed by atoms with Crippen LogP contribution >= 0.6 is 15.9 Å². The molecule has 0 unspecified atom stereocenters. The van der Waals surface area contributed by atoms with Gasteiger partial charge in [0.25, 0.3) is 5.91 Å². The highest BCUT2D eigenvalue weighted by molar-refractivity contribution is 9.10. The lowest BCUT2D eigenvalue weighted by Gasteiger charge is -2.31. The molecule has 1 amide bonds. The summed E-state index contributed by atoms with van der Waals surface area (Å²) in [6.07, 6.45) is 0.377. The lowest BCUT2D eigenvalue weighted by atomic mass is 9.83. The van der Waals surface area contributed by atoms with Crippen LogP contribution in [0.4, 0.5) is 0 Å². The summed E-state index contributed by atoms with van der Waals surface area (Å²) >= 11 is 3.61. The minimum atomic E-state index is -1.49. The largest absolute Gasteiger partial charge is 0.494 e. The van der Waals surface area contributed by atoms with Gasteiger partial charge in [-0.25, -0.2) is 10.4 Å². The van der Waals surface area contributed by atoms with Gasteiger partial charge in [0, 0.05) is 55.3 Å². The lowest BCUT2D eigenvalue weighted by molar-refractivity contribution is -0.155.